The zero-order valence-corrected chi connectivity index (χ0v) is 18.2. The van der Waals surface area contributed by atoms with E-state index in [-0.39, 0.29) is 28.8 Å². The minimum Gasteiger partial charge on any atom is -0.462 e. The molecule has 0 aliphatic heterocycles. The van der Waals surface area contributed by atoms with Gasteiger partial charge in [0, 0.05) is 26.3 Å². The fourth-order valence-corrected chi connectivity index (χ4v) is 7.85. The van der Waals surface area contributed by atoms with E-state index in [9.17, 15) is 9.59 Å². The van der Waals surface area contributed by atoms with Crippen LogP contribution in [0.15, 0.2) is 11.6 Å². The molecule has 0 spiro atoms. The predicted molar refractivity (Wildman–Crippen MR) is 109 cm³/mol. The van der Waals surface area contributed by atoms with Crippen LogP contribution >= 0.6 is 0 Å². The van der Waals surface area contributed by atoms with Crippen molar-refractivity contribution in [2.75, 3.05) is 0 Å². The largest absolute Gasteiger partial charge is 0.462 e. The van der Waals surface area contributed by atoms with Crippen LogP contribution in [0.5, 0.6) is 0 Å². The second-order valence-corrected chi connectivity index (χ2v) is 10.7. The third-order valence-electron chi connectivity index (χ3n) is 9.09. The number of amides is 1. The molecule has 0 bridgehead atoms. The van der Waals surface area contributed by atoms with E-state index < -0.39 is 0 Å². The zero-order chi connectivity index (χ0) is 20.3. The molecule has 156 valence electrons. The second kappa shape index (κ2) is 6.88. The van der Waals surface area contributed by atoms with Gasteiger partial charge in [0.05, 0.1) is 0 Å². The van der Waals surface area contributed by atoms with Crippen molar-refractivity contribution in [2.24, 2.45) is 34.5 Å². The molecule has 4 aliphatic rings. The van der Waals surface area contributed by atoms with Crippen molar-refractivity contribution in [3.63, 3.8) is 0 Å². The lowest BCUT2D eigenvalue weighted by Crippen LogP contribution is -2.54. The smallest absolute Gasteiger partial charge is 0.302 e. The lowest BCUT2D eigenvalue weighted by atomic mass is 9.48. The van der Waals surface area contributed by atoms with Crippen molar-refractivity contribution in [2.45, 2.75) is 91.7 Å². The Labute approximate surface area is 169 Å². The monoisotopic (exact) mass is 387 g/mol. The van der Waals surface area contributed by atoms with Crippen LogP contribution < -0.4 is 5.32 Å². The van der Waals surface area contributed by atoms with E-state index in [0.717, 1.165) is 37.5 Å². The molecule has 3 saturated carbocycles. The highest BCUT2D eigenvalue weighted by atomic mass is 16.5. The van der Waals surface area contributed by atoms with Crippen LogP contribution in [0.3, 0.4) is 0 Å². The minimum absolute atomic E-state index is 0.0675. The molecule has 0 aromatic heterocycles. The van der Waals surface area contributed by atoms with Gasteiger partial charge in [-0.05, 0) is 73.0 Å². The summed E-state index contributed by atoms with van der Waals surface area (Å²) in [5, 5.41) is 3.31. The molecule has 4 aliphatic carbocycles. The van der Waals surface area contributed by atoms with Gasteiger partial charge in [0.2, 0.25) is 5.91 Å². The van der Waals surface area contributed by atoms with Gasteiger partial charge in [0.15, 0.2) is 0 Å². The predicted octanol–water partition coefficient (Wildman–Crippen LogP) is 4.63. The first kappa shape index (κ1) is 20.0. The standard InChI is InChI=1S/C24H37NO3/c1-14-12-21-19-7-6-17-13-18(28-16(3)27)8-10-23(17,4)20(19)9-11-24(21,5)22(14)25-15(2)26/h6,14,18-22H,7-13H2,1-5H3,(H,25,26)/t14-,18-,19-,20-,21-,22-,23+,24+/m1/s1. The molecule has 4 nitrogen and oxygen atoms in total. The van der Waals surface area contributed by atoms with Crippen molar-refractivity contribution >= 4 is 11.9 Å². The fourth-order valence-electron chi connectivity index (χ4n) is 7.85. The molecule has 0 heterocycles. The van der Waals surface area contributed by atoms with Crippen LogP contribution in [-0.4, -0.2) is 24.0 Å². The SMILES string of the molecule is CC(=O)N[C@@H]1[C@H](C)C[C@@H]2[C@@H]3CC=C4C[C@H](OC(C)=O)CC[C@]4(C)[C@@H]3CC[C@@]21C. The van der Waals surface area contributed by atoms with Crippen molar-refractivity contribution in [3.8, 4) is 0 Å². The van der Waals surface area contributed by atoms with E-state index in [1.165, 1.54) is 26.2 Å². The summed E-state index contributed by atoms with van der Waals surface area (Å²) in [6, 6.07) is 0.314. The molecule has 4 heteroatoms. The molecule has 1 amide bonds. The number of allylic oxidation sites excluding steroid dienone is 1. The highest BCUT2D eigenvalue weighted by Crippen LogP contribution is 2.65. The number of carbonyl (C=O) groups is 2. The van der Waals surface area contributed by atoms with Crippen LogP contribution in [0.25, 0.3) is 0 Å². The van der Waals surface area contributed by atoms with Crippen LogP contribution in [0.2, 0.25) is 0 Å². The van der Waals surface area contributed by atoms with Gasteiger partial charge in [0.1, 0.15) is 6.10 Å². The maximum atomic E-state index is 11.8. The Hall–Kier alpha value is -1.32. The summed E-state index contributed by atoms with van der Waals surface area (Å²) in [6.45, 7) is 10.4. The van der Waals surface area contributed by atoms with Crippen LogP contribution in [0.4, 0.5) is 0 Å². The minimum atomic E-state index is -0.153. The lowest BCUT2D eigenvalue weighted by Gasteiger charge is -2.58. The second-order valence-electron chi connectivity index (χ2n) is 10.7. The third kappa shape index (κ3) is 3.02. The van der Waals surface area contributed by atoms with Gasteiger partial charge < -0.3 is 10.1 Å². The first-order valence-electron chi connectivity index (χ1n) is 11.3. The maximum Gasteiger partial charge on any atom is 0.302 e. The van der Waals surface area contributed by atoms with Crippen molar-refractivity contribution in [3.05, 3.63) is 11.6 Å². The Morgan fingerprint density at radius 1 is 1.14 bits per heavy atom. The number of fused-ring (bicyclic) bond motifs is 5. The number of rotatable bonds is 2. The maximum absolute atomic E-state index is 11.8. The van der Waals surface area contributed by atoms with E-state index in [0.29, 0.717) is 17.9 Å². The fraction of sp³-hybridized carbons (Fsp3) is 0.833. The Morgan fingerprint density at radius 2 is 1.89 bits per heavy atom. The summed E-state index contributed by atoms with van der Waals surface area (Å²) >= 11 is 0. The Balaban J connectivity index is 1.58. The summed E-state index contributed by atoms with van der Waals surface area (Å²) in [6.07, 6.45) is 10.5. The number of ether oxygens (including phenoxy) is 1. The van der Waals surface area contributed by atoms with Crippen molar-refractivity contribution < 1.29 is 14.3 Å². The summed E-state index contributed by atoms with van der Waals surface area (Å²) in [5.74, 6) is 2.66. The first-order valence-corrected chi connectivity index (χ1v) is 11.3. The lowest BCUT2D eigenvalue weighted by molar-refractivity contribution is -0.148. The normalized spacial score (nSPS) is 47.2. The number of hydrogen-bond donors (Lipinski definition) is 1. The van der Waals surface area contributed by atoms with Gasteiger partial charge in [-0.25, -0.2) is 0 Å². The van der Waals surface area contributed by atoms with E-state index in [1.807, 2.05) is 0 Å². The van der Waals surface area contributed by atoms with E-state index >= 15 is 0 Å². The van der Waals surface area contributed by atoms with E-state index in [1.54, 1.807) is 12.5 Å². The average molecular weight is 388 g/mol. The van der Waals surface area contributed by atoms with Gasteiger partial charge in [-0.2, -0.15) is 0 Å². The van der Waals surface area contributed by atoms with Crippen molar-refractivity contribution in [1.82, 2.24) is 5.32 Å². The quantitative estimate of drug-likeness (QED) is 0.555. The van der Waals surface area contributed by atoms with E-state index in [4.69, 9.17) is 4.74 Å². The van der Waals surface area contributed by atoms with Crippen LogP contribution in [0, 0.1) is 34.5 Å². The number of carbonyl (C=O) groups excluding carboxylic acids is 2. The van der Waals surface area contributed by atoms with Gasteiger partial charge >= 0.3 is 5.97 Å². The Kier molecular flexibility index (Phi) is 4.91. The highest BCUT2D eigenvalue weighted by Gasteiger charge is 2.60. The summed E-state index contributed by atoms with van der Waals surface area (Å²) in [5.41, 5.74) is 2.03. The molecule has 0 unspecified atom stereocenters. The molecular formula is C24H37NO3. The molecule has 0 aromatic rings. The number of esters is 1. The molecular weight excluding hydrogens is 350 g/mol. The summed E-state index contributed by atoms with van der Waals surface area (Å²) in [7, 11) is 0. The Morgan fingerprint density at radius 3 is 2.57 bits per heavy atom. The molecule has 0 aromatic carbocycles. The molecule has 4 rings (SSSR count). The summed E-state index contributed by atoms with van der Waals surface area (Å²) in [4.78, 5) is 23.2. The molecule has 1 N–H and O–H groups in total. The van der Waals surface area contributed by atoms with E-state index in [2.05, 4.69) is 32.2 Å². The topological polar surface area (TPSA) is 55.4 Å². The number of hydrogen-bond acceptors (Lipinski definition) is 3. The zero-order valence-electron chi connectivity index (χ0n) is 18.2. The van der Waals surface area contributed by atoms with Crippen molar-refractivity contribution in [1.29, 1.82) is 0 Å². The molecule has 3 fully saturated rings. The average Bonchev–Trinajstić information content (AvgIpc) is 2.85. The van der Waals surface area contributed by atoms with Crippen LogP contribution in [0.1, 0.15) is 79.6 Å². The summed E-state index contributed by atoms with van der Waals surface area (Å²) < 4.78 is 5.55. The molecule has 0 radical (unpaired) electrons. The highest BCUT2D eigenvalue weighted by molar-refractivity contribution is 5.73. The third-order valence-corrected chi connectivity index (χ3v) is 9.09. The van der Waals surface area contributed by atoms with Gasteiger partial charge in [-0.1, -0.05) is 32.4 Å². The van der Waals surface area contributed by atoms with Gasteiger partial charge in [0.25, 0.3) is 0 Å². The molecule has 0 saturated heterocycles. The first-order chi connectivity index (χ1) is 13.1. The van der Waals surface area contributed by atoms with Gasteiger partial charge in [-0.15, -0.1) is 0 Å². The molecule has 8 atom stereocenters. The van der Waals surface area contributed by atoms with Crippen LogP contribution in [-0.2, 0) is 14.3 Å². The van der Waals surface area contributed by atoms with Gasteiger partial charge in [-0.3, -0.25) is 9.59 Å². The molecule has 28 heavy (non-hydrogen) atoms. The number of nitrogens with one attached hydrogen (secondary N) is 1. The Bertz CT molecular complexity index is 700.